The standard InChI is InChI=1S/C28H34N8O3/c1-3-28(37)34-22-14-23(25(38-2)15-24(22)35-10-6-20(29)7-11-35)33-26-16-27(32-18-31-26)36-21(8-12-39-36)13-19-5-4-9-30-17-19/h3-5,9,14-18,20-21H,1,6-8,10-13,29H2,2H3,(H,34,37)(H,31,32,33)/t21-/m0/s1. The fourth-order valence-electron chi connectivity index (χ4n) is 4.93. The summed E-state index contributed by atoms with van der Waals surface area (Å²) in [5.41, 5.74) is 9.41. The van der Waals surface area contributed by atoms with Gasteiger partial charge in [-0.15, -0.1) is 0 Å². The lowest BCUT2D eigenvalue weighted by molar-refractivity contribution is -0.111. The molecule has 11 heteroatoms. The zero-order chi connectivity index (χ0) is 27.2. The Morgan fingerprint density at radius 3 is 2.82 bits per heavy atom. The van der Waals surface area contributed by atoms with Crippen LogP contribution >= 0.6 is 0 Å². The van der Waals surface area contributed by atoms with E-state index in [-0.39, 0.29) is 18.0 Å². The van der Waals surface area contributed by atoms with Crippen LogP contribution < -0.4 is 31.1 Å². The third-order valence-corrected chi connectivity index (χ3v) is 6.99. The van der Waals surface area contributed by atoms with Crippen molar-refractivity contribution < 1.29 is 14.4 Å². The van der Waals surface area contributed by atoms with Gasteiger partial charge in [0, 0.05) is 43.7 Å². The Morgan fingerprint density at radius 2 is 2.08 bits per heavy atom. The van der Waals surface area contributed by atoms with E-state index in [1.165, 1.54) is 12.4 Å². The minimum atomic E-state index is -0.295. The molecule has 204 valence electrons. The van der Waals surface area contributed by atoms with E-state index in [2.05, 4.69) is 43.1 Å². The lowest BCUT2D eigenvalue weighted by atomic mass is 10.0. The summed E-state index contributed by atoms with van der Waals surface area (Å²) in [5.74, 6) is 1.53. The summed E-state index contributed by atoms with van der Waals surface area (Å²) in [5, 5.41) is 8.12. The maximum absolute atomic E-state index is 12.3. The second-order valence-corrected chi connectivity index (χ2v) is 9.64. The Bertz CT molecular complexity index is 1300. The van der Waals surface area contributed by atoms with Gasteiger partial charge in [-0.05, 0) is 49.5 Å². The van der Waals surface area contributed by atoms with Crippen molar-refractivity contribution in [2.75, 3.05) is 47.4 Å². The maximum Gasteiger partial charge on any atom is 0.247 e. The molecule has 4 N–H and O–H groups in total. The number of pyridine rings is 1. The number of carbonyl (C=O) groups excluding carboxylic acids is 1. The van der Waals surface area contributed by atoms with Gasteiger partial charge in [0.2, 0.25) is 5.91 Å². The van der Waals surface area contributed by atoms with E-state index in [9.17, 15) is 4.79 Å². The van der Waals surface area contributed by atoms with E-state index >= 15 is 0 Å². The van der Waals surface area contributed by atoms with Crippen LogP contribution in [0, 0.1) is 0 Å². The third-order valence-electron chi connectivity index (χ3n) is 6.99. The highest BCUT2D eigenvalue weighted by molar-refractivity contribution is 6.02. The first-order chi connectivity index (χ1) is 19.0. The summed E-state index contributed by atoms with van der Waals surface area (Å²) in [6.07, 6.45) is 9.82. The number of hydroxylamine groups is 1. The molecule has 4 heterocycles. The molecule has 0 aliphatic carbocycles. The van der Waals surface area contributed by atoms with Gasteiger partial charge in [0.05, 0.1) is 36.8 Å². The van der Waals surface area contributed by atoms with Crippen LogP contribution in [0.5, 0.6) is 5.75 Å². The van der Waals surface area contributed by atoms with E-state index in [0.29, 0.717) is 35.4 Å². The molecular weight excluding hydrogens is 496 g/mol. The molecule has 0 bridgehead atoms. The van der Waals surface area contributed by atoms with E-state index in [1.807, 2.05) is 35.5 Å². The number of anilines is 5. The van der Waals surface area contributed by atoms with Crippen LogP contribution in [0.3, 0.4) is 0 Å². The number of ether oxygens (including phenoxy) is 1. The van der Waals surface area contributed by atoms with Gasteiger partial charge < -0.3 is 26.0 Å². The number of nitrogens with one attached hydrogen (secondary N) is 2. The number of aromatic nitrogens is 3. The highest BCUT2D eigenvalue weighted by atomic mass is 16.7. The molecule has 5 rings (SSSR count). The molecule has 0 spiro atoms. The monoisotopic (exact) mass is 530 g/mol. The van der Waals surface area contributed by atoms with Crippen LogP contribution in [0.2, 0.25) is 0 Å². The third kappa shape index (κ3) is 6.27. The highest BCUT2D eigenvalue weighted by Gasteiger charge is 2.28. The van der Waals surface area contributed by atoms with E-state index < -0.39 is 0 Å². The number of rotatable bonds is 9. The normalized spacial score (nSPS) is 17.6. The molecule has 0 saturated carbocycles. The van der Waals surface area contributed by atoms with E-state index in [1.54, 1.807) is 13.3 Å². The number of amides is 1. The van der Waals surface area contributed by atoms with Gasteiger partial charge in [-0.3, -0.25) is 14.6 Å². The van der Waals surface area contributed by atoms with Crippen molar-refractivity contribution >= 4 is 34.6 Å². The zero-order valence-corrected chi connectivity index (χ0v) is 22.0. The number of hydrogen-bond acceptors (Lipinski definition) is 10. The van der Waals surface area contributed by atoms with Gasteiger partial charge in [-0.25, -0.2) is 15.0 Å². The summed E-state index contributed by atoms with van der Waals surface area (Å²) in [6.45, 7) is 5.79. The molecule has 2 aliphatic heterocycles. The van der Waals surface area contributed by atoms with Crippen LogP contribution in [-0.2, 0) is 16.1 Å². The van der Waals surface area contributed by atoms with Crippen molar-refractivity contribution in [2.24, 2.45) is 5.73 Å². The number of piperidine rings is 1. The van der Waals surface area contributed by atoms with Gasteiger partial charge in [-0.2, -0.15) is 0 Å². The molecular formula is C28H34N8O3. The van der Waals surface area contributed by atoms with Crippen molar-refractivity contribution in [3.8, 4) is 5.75 Å². The zero-order valence-electron chi connectivity index (χ0n) is 22.0. The molecule has 0 unspecified atom stereocenters. The SMILES string of the molecule is C=CC(=O)Nc1cc(Nc2cc(N3OCC[C@H]3Cc3cccnc3)ncn2)c(OC)cc1N1CCC(N)CC1. The Hall–Kier alpha value is -4.22. The van der Waals surface area contributed by atoms with Crippen molar-refractivity contribution in [1.82, 2.24) is 15.0 Å². The molecule has 2 aromatic heterocycles. The summed E-state index contributed by atoms with van der Waals surface area (Å²) in [4.78, 5) is 33.5. The Labute approximate surface area is 228 Å². The van der Waals surface area contributed by atoms with Crippen molar-refractivity contribution in [3.05, 3.63) is 67.3 Å². The molecule has 1 aromatic carbocycles. The first kappa shape index (κ1) is 26.4. The van der Waals surface area contributed by atoms with Crippen molar-refractivity contribution in [1.29, 1.82) is 0 Å². The smallest absolute Gasteiger partial charge is 0.247 e. The lowest BCUT2D eigenvalue weighted by Crippen LogP contribution is -2.40. The van der Waals surface area contributed by atoms with Gasteiger partial charge in [0.15, 0.2) is 5.82 Å². The molecule has 2 saturated heterocycles. The van der Waals surface area contributed by atoms with Gasteiger partial charge in [0.25, 0.3) is 0 Å². The Morgan fingerprint density at radius 1 is 1.23 bits per heavy atom. The summed E-state index contributed by atoms with van der Waals surface area (Å²) < 4.78 is 5.74. The van der Waals surface area contributed by atoms with Gasteiger partial charge in [-0.1, -0.05) is 12.6 Å². The minimum Gasteiger partial charge on any atom is -0.494 e. The van der Waals surface area contributed by atoms with Gasteiger partial charge >= 0.3 is 0 Å². The van der Waals surface area contributed by atoms with Crippen LogP contribution in [-0.4, -0.2) is 59.7 Å². The molecule has 2 aliphatic rings. The van der Waals surface area contributed by atoms with Crippen LogP contribution in [0.25, 0.3) is 0 Å². The maximum atomic E-state index is 12.3. The molecule has 0 radical (unpaired) electrons. The fourth-order valence-corrected chi connectivity index (χ4v) is 4.93. The number of hydrogen-bond donors (Lipinski definition) is 3. The number of nitrogens with two attached hydrogens (primary N) is 1. The van der Waals surface area contributed by atoms with Crippen LogP contribution in [0.4, 0.5) is 28.7 Å². The average molecular weight is 531 g/mol. The Kier molecular flexibility index (Phi) is 8.18. The molecule has 39 heavy (non-hydrogen) atoms. The quantitative estimate of drug-likeness (QED) is 0.354. The summed E-state index contributed by atoms with van der Waals surface area (Å²) in [7, 11) is 1.62. The second kappa shape index (κ2) is 12.1. The number of nitrogens with zero attached hydrogens (tertiary/aromatic N) is 5. The first-order valence-electron chi connectivity index (χ1n) is 13.1. The number of methoxy groups -OCH3 is 1. The Balaban J connectivity index is 1.40. The predicted molar refractivity (Wildman–Crippen MR) is 151 cm³/mol. The average Bonchev–Trinajstić information content (AvgIpc) is 3.42. The fraction of sp³-hybridized carbons (Fsp3) is 0.357. The number of benzene rings is 1. The van der Waals surface area contributed by atoms with E-state index in [0.717, 1.165) is 50.0 Å². The topological polar surface area (TPSA) is 131 Å². The first-order valence-corrected chi connectivity index (χ1v) is 13.1. The molecule has 1 amide bonds. The van der Waals surface area contributed by atoms with Crippen molar-refractivity contribution in [2.45, 2.75) is 37.8 Å². The lowest BCUT2D eigenvalue weighted by Gasteiger charge is -2.33. The van der Waals surface area contributed by atoms with Crippen molar-refractivity contribution in [3.63, 3.8) is 0 Å². The van der Waals surface area contributed by atoms with Crippen LogP contribution in [0.1, 0.15) is 24.8 Å². The van der Waals surface area contributed by atoms with Gasteiger partial charge in [0.1, 0.15) is 17.9 Å². The molecule has 2 fully saturated rings. The van der Waals surface area contributed by atoms with Crippen LogP contribution in [0.15, 0.2) is 61.7 Å². The molecule has 3 aromatic rings. The second-order valence-electron chi connectivity index (χ2n) is 9.64. The summed E-state index contributed by atoms with van der Waals surface area (Å²) >= 11 is 0. The minimum absolute atomic E-state index is 0.129. The largest absolute Gasteiger partial charge is 0.494 e. The van der Waals surface area contributed by atoms with E-state index in [4.69, 9.17) is 15.3 Å². The molecule has 1 atom stereocenters. The number of carbonyl (C=O) groups is 1. The predicted octanol–water partition coefficient (Wildman–Crippen LogP) is 3.43. The molecule has 11 nitrogen and oxygen atoms in total. The summed E-state index contributed by atoms with van der Waals surface area (Å²) in [6, 6.07) is 9.93. The highest BCUT2D eigenvalue weighted by Crippen LogP contribution is 2.39.